The third-order valence-electron chi connectivity index (χ3n) is 1.71. The highest BCUT2D eigenvalue weighted by Crippen LogP contribution is 2.17. The van der Waals surface area contributed by atoms with Crippen molar-refractivity contribution in [1.82, 2.24) is 0 Å². The summed E-state index contributed by atoms with van der Waals surface area (Å²) in [7, 11) is 0. The fourth-order valence-electron chi connectivity index (χ4n) is 0.926. The molecule has 0 spiro atoms. The average Bonchev–Trinajstić information content (AvgIpc) is 2.07. The molecule has 0 saturated heterocycles. The molecule has 13 heavy (non-hydrogen) atoms. The lowest BCUT2D eigenvalue weighted by Gasteiger charge is -1.98. The van der Waals surface area contributed by atoms with Crippen molar-refractivity contribution < 1.29 is 4.79 Å². The van der Waals surface area contributed by atoms with Crippen LogP contribution in [0.3, 0.4) is 0 Å². The minimum atomic E-state index is 0.0386. The number of halogens is 1. The second kappa shape index (κ2) is 4.24. The minimum Gasteiger partial charge on any atom is -0.295 e. The van der Waals surface area contributed by atoms with Crippen molar-refractivity contribution >= 4 is 23.5 Å². The number of ketones is 1. The predicted molar refractivity (Wildman–Crippen MR) is 55.9 cm³/mol. The van der Waals surface area contributed by atoms with Crippen LogP contribution in [-0.4, -0.2) is 5.78 Å². The first-order valence-electron chi connectivity index (χ1n) is 4.04. The zero-order valence-corrected chi connectivity index (χ0v) is 8.43. The molecule has 0 bridgehead atoms. The predicted octanol–water partition coefficient (Wildman–Crippen LogP) is 3.25. The van der Waals surface area contributed by atoms with Crippen LogP contribution in [0.2, 0.25) is 5.02 Å². The molecule has 0 amide bonds. The number of rotatable bonds is 2. The molecule has 68 valence electrons. The molecular weight excluding hydrogens is 184 g/mol. The van der Waals surface area contributed by atoms with Gasteiger partial charge in [-0.05, 0) is 37.1 Å². The molecule has 0 aliphatic rings. The van der Waals surface area contributed by atoms with Crippen LogP contribution in [0.5, 0.6) is 0 Å². The molecule has 0 aromatic heterocycles. The second-order valence-corrected chi connectivity index (χ2v) is 3.36. The largest absolute Gasteiger partial charge is 0.295 e. The molecule has 1 rings (SSSR count). The quantitative estimate of drug-likeness (QED) is 0.661. The van der Waals surface area contributed by atoms with Gasteiger partial charge < -0.3 is 0 Å². The maximum absolute atomic E-state index is 10.6. The summed E-state index contributed by atoms with van der Waals surface area (Å²) >= 11 is 5.91. The average molecular weight is 195 g/mol. The van der Waals surface area contributed by atoms with Gasteiger partial charge in [0.15, 0.2) is 5.78 Å². The summed E-state index contributed by atoms with van der Waals surface area (Å²) in [6.45, 7) is 3.47. The van der Waals surface area contributed by atoms with Gasteiger partial charge >= 0.3 is 0 Å². The number of carbonyl (C=O) groups is 1. The Morgan fingerprint density at radius 1 is 1.46 bits per heavy atom. The van der Waals surface area contributed by atoms with Crippen molar-refractivity contribution in [2.45, 2.75) is 13.8 Å². The Morgan fingerprint density at radius 3 is 2.69 bits per heavy atom. The Kier molecular flexibility index (Phi) is 3.26. The lowest BCUT2D eigenvalue weighted by molar-refractivity contribution is -0.112. The molecule has 0 aliphatic carbocycles. The zero-order chi connectivity index (χ0) is 9.84. The van der Waals surface area contributed by atoms with E-state index in [4.69, 9.17) is 11.6 Å². The third kappa shape index (κ3) is 3.03. The first kappa shape index (κ1) is 10.0. The first-order chi connectivity index (χ1) is 6.09. The lowest BCUT2D eigenvalue weighted by atomic mass is 10.1. The van der Waals surface area contributed by atoms with Crippen LogP contribution in [0.15, 0.2) is 24.3 Å². The molecule has 1 nitrogen and oxygen atoms in total. The van der Waals surface area contributed by atoms with Crippen molar-refractivity contribution in [3.63, 3.8) is 0 Å². The topological polar surface area (TPSA) is 17.1 Å². The van der Waals surface area contributed by atoms with Crippen molar-refractivity contribution in [1.29, 1.82) is 0 Å². The fraction of sp³-hybridized carbons (Fsp3) is 0.182. The number of allylic oxidation sites excluding steroid dienone is 1. The molecule has 0 saturated carbocycles. The molecule has 1 aromatic carbocycles. The van der Waals surface area contributed by atoms with Crippen molar-refractivity contribution in [3.8, 4) is 0 Å². The highest BCUT2D eigenvalue weighted by Gasteiger charge is 1.94. The van der Waals surface area contributed by atoms with Gasteiger partial charge in [0.25, 0.3) is 0 Å². The molecule has 0 radical (unpaired) electrons. The number of hydrogen-bond donors (Lipinski definition) is 0. The van der Waals surface area contributed by atoms with Gasteiger partial charge in [-0.1, -0.05) is 29.8 Å². The molecular formula is C11H11ClO. The van der Waals surface area contributed by atoms with E-state index in [1.54, 1.807) is 6.08 Å². The van der Waals surface area contributed by atoms with Crippen molar-refractivity contribution in [2.24, 2.45) is 0 Å². The van der Waals surface area contributed by atoms with E-state index in [2.05, 4.69) is 0 Å². The molecule has 0 N–H and O–H groups in total. The van der Waals surface area contributed by atoms with E-state index in [1.165, 1.54) is 13.0 Å². The van der Waals surface area contributed by atoms with Gasteiger partial charge in [-0.15, -0.1) is 0 Å². The molecule has 0 aliphatic heterocycles. The van der Waals surface area contributed by atoms with Gasteiger partial charge in [-0.25, -0.2) is 0 Å². The summed E-state index contributed by atoms with van der Waals surface area (Å²) < 4.78 is 0. The van der Waals surface area contributed by atoms with Crippen LogP contribution in [0.25, 0.3) is 6.08 Å². The van der Waals surface area contributed by atoms with Crippen LogP contribution in [0, 0.1) is 6.92 Å². The van der Waals surface area contributed by atoms with Crippen LogP contribution >= 0.6 is 11.6 Å². The second-order valence-electron chi connectivity index (χ2n) is 2.95. The highest BCUT2D eigenvalue weighted by atomic mass is 35.5. The highest BCUT2D eigenvalue weighted by molar-refractivity contribution is 6.31. The molecule has 0 unspecified atom stereocenters. The summed E-state index contributed by atoms with van der Waals surface area (Å²) in [5, 5.41) is 0.728. The maximum atomic E-state index is 10.6. The summed E-state index contributed by atoms with van der Waals surface area (Å²) in [5.74, 6) is 0.0386. The molecule has 0 fully saturated rings. The Labute approximate surface area is 83.0 Å². The smallest absolute Gasteiger partial charge is 0.152 e. The van der Waals surface area contributed by atoms with Gasteiger partial charge in [0.1, 0.15) is 0 Å². The normalized spacial score (nSPS) is 10.7. The van der Waals surface area contributed by atoms with Crippen LogP contribution < -0.4 is 0 Å². The zero-order valence-electron chi connectivity index (χ0n) is 7.67. The maximum Gasteiger partial charge on any atom is 0.152 e. The summed E-state index contributed by atoms with van der Waals surface area (Å²) in [6, 6.07) is 5.71. The summed E-state index contributed by atoms with van der Waals surface area (Å²) in [6.07, 6.45) is 3.29. The van der Waals surface area contributed by atoms with Crippen LogP contribution in [0.1, 0.15) is 18.1 Å². The summed E-state index contributed by atoms with van der Waals surface area (Å²) in [4.78, 5) is 10.6. The Morgan fingerprint density at radius 2 is 2.15 bits per heavy atom. The number of benzene rings is 1. The Bertz CT molecular complexity index is 353. The molecule has 1 aromatic rings. The first-order valence-corrected chi connectivity index (χ1v) is 4.42. The summed E-state index contributed by atoms with van der Waals surface area (Å²) in [5.41, 5.74) is 1.99. The van der Waals surface area contributed by atoms with E-state index in [0.29, 0.717) is 0 Å². The Balaban J connectivity index is 2.92. The molecule has 0 atom stereocenters. The SMILES string of the molecule is CC(=O)C=Cc1ccc(C)c(Cl)c1. The monoisotopic (exact) mass is 194 g/mol. The lowest BCUT2D eigenvalue weighted by Crippen LogP contribution is -1.81. The van der Waals surface area contributed by atoms with E-state index < -0.39 is 0 Å². The van der Waals surface area contributed by atoms with E-state index in [1.807, 2.05) is 25.1 Å². The van der Waals surface area contributed by atoms with Gasteiger partial charge in [-0.3, -0.25) is 4.79 Å². The number of aryl methyl sites for hydroxylation is 1. The van der Waals surface area contributed by atoms with Crippen LogP contribution in [0.4, 0.5) is 0 Å². The standard InChI is InChI=1S/C11H11ClO/c1-8-3-5-10(7-11(8)12)6-4-9(2)13/h3-7H,1-2H3. The fourth-order valence-corrected chi connectivity index (χ4v) is 1.12. The van der Waals surface area contributed by atoms with E-state index in [9.17, 15) is 4.79 Å². The molecule has 0 heterocycles. The number of carbonyl (C=O) groups excluding carboxylic acids is 1. The number of hydrogen-bond acceptors (Lipinski definition) is 1. The minimum absolute atomic E-state index is 0.0386. The van der Waals surface area contributed by atoms with Gasteiger partial charge in [0.05, 0.1) is 0 Å². The van der Waals surface area contributed by atoms with Crippen molar-refractivity contribution in [3.05, 3.63) is 40.4 Å². The van der Waals surface area contributed by atoms with Gasteiger partial charge in [0.2, 0.25) is 0 Å². The van der Waals surface area contributed by atoms with E-state index in [-0.39, 0.29) is 5.78 Å². The molecule has 2 heteroatoms. The van der Waals surface area contributed by atoms with E-state index >= 15 is 0 Å². The Hall–Kier alpha value is -1.08. The van der Waals surface area contributed by atoms with E-state index in [0.717, 1.165) is 16.1 Å². The van der Waals surface area contributed by atoms with Gasteiger partial charge in [0, 0.05) is 5.02 Å². The van der Waals surface area contributed by atoms with Crippen molar-refractivity contribution in [2.75, 3.05) is 0 Å². The third-order valence-corrected chi connectivity index (χ3v) is 2.11. The van der Waals surface area contributed by atoms with Gasteiger partial charge in [-0.2, -0.15) is 0 Å². The van der Waals surface area contributed by atoms with Crippen LogP contribution in [-0.2, 0) is 4.79 Å².